The van der Waals surface area contributed by atoms with E-state index in [0.717, 1.165) is 26.1 Å². The molecule has 0 saturated carbocycles. The molecule has 2 aliphatic heterocycles. The molecule has 136 valence electrons. The van der Waals surface area contributed by atoms with Gasteiger partial charge in [-0.05, 0) is 48.4 Å². The standard InChI is InChI=1S/C24H30N2/c1-18-8-9-22-11-13-26(20(3)24(22)14-18)16-19(2)15-25-12-10-21-6-4-5-7-23(21)17-25/h4-9,14,19H,3,10-13,15-17H2,1-2H3. The van der Waals surface area contributed by atoms with Crippen LogP contribution in [-0.4, -0.2) is 36.0 Å². The molecule has 2 aliphatic rings. The number of benzene rings is 2. The molecule has 0 fully saturated rings. The molecule has 0 aliphatic carbocycles. The molecular weight excluding hydrogens is 316 g/mol. The second-order valence-electron chi connectivity index (χ2n) is 8.16. The van der Waals surface area contributed by atoms with Crippen molar-refractivity contribution in [1.29, 1.82) is 0 Å². The molecule has 2 heteroatoms. The second kappa shape index (κ2) is 7.28. The van der Waals surface area contributed by atoms with Crippen molar-refractivity contribution in [2.24, 2.45) is 5.92 Å². The van der Waals surface area contributed by atoms with Crippen LogP contribution in [0.3, 0.4) is 0 Å². The summed E-state index contributed by atoms with van der Waals surface area (Å²) in [7, 11) is 0. The molecule has 26 heavy (non-hydrogen) atoms. The van der Waals surface area contributed by atoms with Crippen LogP contribution in [0.4, 0.5) is 0 Å². The van der Waals surface area contributed by atoms with Crippen molar-refractivity contribution in [2.45, 2.75) is 33.2 Å². The van der Waals surface area contributed by atoms with Crippen LogP contribution >= 0.6 is 0 Å². The van der Waals surface area contributed by atoms with E-state index in [1.807, 2.05) is 0 Å². The van der Waals surface area contributed by atoms with Crippen LogP contribution in [0, 0.1) is 12.8 Å². The molecule has 0 radical (unpaired) electrons. The molecule has 0 bridgehead atoms. The van der Waals surface area contributed by atoms with Crippen LogP contribution in [0.5, 0.6) is 0 Å². The highest BCUT2D eigenvalue weighted by molar-refractivity contribution is 5.67. The first-order valence-corrected chi connectivity index (χ1v) is 9.93. The van der Waals surface area contributed by atoms with Crippen molar-refractivity contribution in [3.63, 3.8) is 0 Å². The van der Waals surface area contributed by atoms with Gasteiger partial charge in [0.25, 0.3) is 0 Å². The molecule has 0 N–H and O–H groups in total. The van der Waals surface area contributed by atoms with Crippen LogP contribution in [0.1, 0.15) is 34.7 Å². The van der Waals surface area contributed by atoms with E-state index in [0.29, 0.717) is 5.92 Å². The summed E-state index contributed by atoms with van der Waals surface area (Å²) in [5.41, 5.74) is 8.40. The fourth-order valence-corrected chi connectivity index (χ4v) is 4.52. The maximum atomic E-state index is 4.42. The smallest absolute Gasteiger partial charge is 0.0369 e. The van der Waals surface area contributed by atoms with Gasteiger partial charge in [-0.3, -0.25) is 4.90 Å². The Morgan fingerprint density at radius 3 is 2.58 bits per heavy atom. The van der Waals surface area contributed by atoms with Gasteiger partial charge in [0, 0.05) is 44.0 Å². The van der Waals surface area contributed by atoms with Gasteiger partial charge in [0.15, 0.2) is 0 Å². The number of fused-ring (bicyclic) bond motifs is 2. The number of hydrogen-bond donors (Lipinski definition) is 0. The molecule has 2 aromatic rings. The lowest BCUT2D eigenvalue weighted by Gasteiger charge is -2.37. The third kappa shape index (κ3) is 3.57. The van der Waals surface area contributed by atoms with Gasteiger partial charge in [-0.15, -0.1) is 0 Å². The zero-order valence-corrected chi connectivity index (χ0v) is 16.2. The topological polar surface area (TPSA) is 6.48 Å². The van der Waals surface area contributed by atoms with Crippen molar-refractivity contribution in [3.05, 3.63) is 76.9 Å². The highest BCUT2D eigenvalue weighted by Gasteiger charge is 2.23. The average molecular weight is 347 g/mol. The Morgan fingerprint density at radius 1 is 0.962 bits per heavy atom. The van der Waals surface area contributed by atoms with Crippen molar-refractivity contribution < 1.29 is 0 Å². The first-order valence-electron chi connectivity index (χ1n) is 9.93. The largest absolute Gasteiger partial charge is 0.371 e. The van der Waals surface area contributed by atoms with E-state index in [4.69, 9.17) is 0 Å². The molecular formula is C24H30N2. The fourth-order valence-electron chi connectivity index (χ4n) is 4.52. The van der Waals surface area contributed by atoms with Crippen molar-refractivity contribution in [1.82, 2.24) is 9.80 Å². The molecule has 4 rings (SSSR count). The van der Waals surface area contributed by atoms with E-state index in [1.54, 1.807) is 0 Å². The second-order valence-corrected chi connectivity index (χ2v) is 8.16. The molecule has 2 nitrogen and oxygen atoms in total. The zero-order chi connectivity index (χ0) is 18.1. The van der Waals surface area contributed by atoms with Crippen LogP contribution in [0.25, 0.3) is 5.70 Å². The van der Waals surface area contributed by atoms with Gasteiger partial charge in [-0.2, -0.15) is 0 Å². The summed E-state index contributed by atoms with van der Waals surface area (Å²) < 4.78 is 0. The Bertz CT molecular complexity index is 808. The third-order valence-corrected chi connectivity index (χ3v) is 5.92. The van der Waals surface area contributed by atoms with Gasteiger partial charge in [0.2, 0.25) is 0 Å². The summed E-state index contributed by atoms with van der Waals surface area (Å²) in [5.74, 6) is 0.642. The maximum absolute atomic E-state index is 4.42. The van der Waals surface area contributed by atoms with Crippen LogP contribution < -0.4 is 0 Å². The van der Waals surface area contributed by atoms with Crippen molar-refractivity contribution >= 4 is 5.70 Å². The molecule has 2 heterocycles. The van der Waals surface area contributed by atoms with Gasteiger partial charge in [-0.25, -0.2) is 0 Å². The molecule has 1 atom stereocenters. The van der Waals surface area contributed by atoms with Crippen LogP contribution in [-0.2, 0) is 19.4 Å². The van der Waals surface area contributed by atoms with E-state index in [9.17, 15) is 0 Å². The van der Waals surface area contributed by atoms with Crippen molar-refractivity contribution in [3.8, 4) is 0 Å². The predicted octanol–water partition coefficient (Wildman–Crippen LogP) is 4.52. The summed E-state index contributed by atoms with van der Waals surface area (Å²) in [4.78, 5) is 5.13. The Balaban J connectivity index is 1.37. The lowest BCUT2D eigenvalue weighted by molar-refractivity contribution is 0.198. The van der Waals surface area contributed by atoms with Gasteiger partial charge in [0.1, 0.15) is 0 Å². The predicted molar refractivity (Wildman–Crippen MR) is 110 cm³/mol. The highest BCUT2D eigenvalue weighted by atomic mass is 15.2. The van der Waals surface area contributed by atoms with Gasteiger partial charge in [0.05, 0.1) is 0 Å². The molecule has 2 aromatic carbocycles. The number of rotatable bonds is 4. The highest BCUT2D eigenvalue weighted by Crippen LogP contribution is 2.29. The van der Waals surface area contributed by atoms with Crippen LogP contribution in [0.15, 0.2) is 49.0 Å². The van der Waals surface area contributed by atoms with Crippen molar-refractivity contribution in [2.75, 3.05) is 26.2 Å². The summed E-state index contributed by atoms with van der Waals surface area (Å²) in [6.45, 7) is 14.6. The Morgan fingerprint density at radius 2 is 1.73 bits per heavy atom. The molecule has 0 amide bonds. The van der Waals surface area contributed by atoms with Crippen LogP contribution in [0.2, 0.25) is 0 Å². The molecule has 1 unspecified atom stereocenters. The third-order valence-electron chi connectivity index (χ3n) is 5.92. The SMILES string of the molecule is C=C1c2cc(C)ccc2CCN1CC(C)CN1CCc2ccccc2C1. The van der Waals surface area contributed by atoms with Gasteiger partial charge >= 0.3 is 0 Å². The molecule has 0 spiro atoms. The first kappa shape index (κ1) is 17.4. The lowest BCUT2D eigenvalue weighted by atomic mass is 9.94. The molecule has 0 saturated heterocycles. The minimum atomic E-state index is 0.642. The first-order chi connectivity index (χ1) is 12.6. The van der Waals surface area contributed by atoms with Gasteiger partial charge < -0.3 is 4.90 Å². The number of hydrogen-bond acceptors (Lipinski definition) is 2. The minimum Gasteiger partial charge on any atom is -0.371 e. The average Bonchev–Trinajstić information content (AvgIpc) is 2.64. The quantitative estimate of drug-likeness (QED) is 0.803. The minimum absolute atomic E-state index is 0.642. The zero-order valence-electron chi connectivity index (χ0n) is 16.2. The maximum Gasteiger partial charge on any atom is 0.0369 e. The van der Waals surface area contributed by atoms with E-state index < -0.39 is 0 Å². The monoisotopic (exact) mass is 346 g/mol. The Kier molecular flexibility index (Phi) is 4.86. The summed E-state index contributed by atoms with van der Waals surface area (Å²) >= 11 is 0. The fraction of sp³-hybridized carbons (Fsp3) is 0.417. The summed E-state index contributed by atoms with van der Waals surface area (Å²) in [6, 6.07) is 15.7. The Hall–Kier alpha value is -2.06. The van der Waals surface area contributed by atoms with E-state index in [1.165, 1.54) is 53.0 Å². The van der Waals surface area contributed by atoms with E-state index in [2.05, 4.69) is 72.7 Å². The normalized spacial score (nSPS) is 18.4. The number of nitrogens with zero attached hydrogens (tertiary/aromatic N) is 2. The van der Waals surface area contributed by atoms with E-state index >= 15 is 0 Å². The number of aryl methyl sites for hydroxylation is 1. The lowest BCUT2D eigenvalue weighted by Crippen LogP contribution is -2.39. The Labute approximate surface area is 158 Å². The molecule has 0 aromatic heterocycles. The summed E-state index contributed by atoms with van der Waals surface area (Å²) in [6.07, 6.45) is 2.32. The van der Waals surface area contributed by atoms with Gasteiger partial charge in [-0.1, -0.05) is 55.5 Å². The van der Waals surface area contributed by atoms with E-state index in [-0.39, 0.29) is 0 Å². The summed E-state index contributed by atoms with van der Waals surface area (Å²) in [5, 5.41) is 0.